The van der Waals surface area contributed by atoms with E-state index in [9.17, 15) is 13.6 Å². The van der Waals surface area contributed by atoms with Crippen molar-refractivity contribution in [1.82, 2.24) is 9.80 Å². The number of rotatable bonds is 4. The minimum Gasteiger partial charge on any atom is -0.331 e. The zero-order valence-electron chi connectivity index (χ0n) is 16.2. The van der Waals surface area contributed by atoms with Gasteiger partial charge in [0.1, 0.15) is 11.6 Å². The smallest absolute Gasteiger partial charge is 0.320 e. The van der Waals surface area contributed by atoms with Crippen molar-refractivity contribution < 1.29 is 13.6 Å². The second-order valence-electron chi connectivity index (χ2n) is 7.20. The molecule has 2 N–H and O–H groups in total. The Morgan fingerprint density at radius 3 is 2.54 bits per heavy atom. The van der Waals surface area contributed by atoms with Gasteiger partial charge in [-0.2, -0.15) is 0 Å². The molecular formula is C22H25F2N3O. The van der Waals surface area contributed by atoms with Gasteiger partial charge in [0, 0.05) is 26.2 Å². The third-order valence-electron chi connectivity index (χ3n) is 5.19. The highest BCUT2D eigenvalue weighted by Crippen LogP contribution is 2.42. The number of nitrogens with zero attached hydrogens (tertiary/aromatic N) is 2. The molecule has 0 radical (unpaired) electrons. The zero-order chi connectivity index (χ0) is 20.3. The SMILES string of the molecule is CN(C)C(=O)N1CCC(c2cc(F)ccc2F)=CC1(CCN)c1ccccc1. The van der Waals surface area contributed by atoms with Gasteiger partial charge in [0.05, 0.1) is 5.54 Å². The Labute approximate surface area is 164 Å². The van der Waals surface area contributed by atoms with Crippen molar-refractivity contribution >= 4 is 11.6 Å². The quantitative estimate of drug-likeness (QED) is 0.866. The molecule has 0 saturated carbocycles. The summed E-state index contributed by atoms with van der Waals surface area (Å²) in [6, 6.07) is 12.9. The molecule has 0 saturated heterocycles. The van der Waals surface area contributed by atoms with Gasteiger partial charge in [-0.05, 0) is 48.7 Å². The van der Waals surface area contributed by atoms with Gasteiger partial charge in [0.15, 0.2) is 0 Å². The number of benzene rings is 2. The van der Waals surface area contributed by atoms with Crippen molar-refractivity contribution in [2.24, 2.45) is 5.73 Å². The molecule has 6 heteroatoms. The van der Waals surface area contributed by atoms with Gasteiger partial charge in [-0.1, -0.05) is 36.4 Å². The molecule has 148 valence electrons. The normalized spacial score (nSPS) is 19.3. The molecule has 2 amide bonds. The summed E-state index contributed by atoms with van der Waals surface area (Å²) in [6.45, 7) is 0.717. The number of carbonyl (C=O) groups excluding carboxylic acids is 1. The molecule has 1 atom stereocenters. The fraction of sp³-hybridized carbons (Fsp3) is 0.318. The van der Waals surface area contributed by atoms with Gasteiger partial charge >= 0.3 is 6.03 Å². The molecule has 2 aromatic rings. The summed E-state index contributed by atoms with van der Waals surface area (Å²) in [7, 11) is 3.40. The fourth-order valence-electron chi connectivity index (χ4n) is 3.87. The van der Waals surface area contributed by atoms with Crippen LogP contribution in [0.4, 0.5) is 13.6 Å². The van der Waals surface area contributed by atoms with E-state index in [0.29, 0.717) is 31.5 Å². The van der Waals surface area contributed by atoms with E-state index in [-0.39, 0.29) is 11.6 Å². The lowest BCUT2D eigenvalue weighted by Gasteiger charge is -2.47. The van der Waals surface area contributed by atoms with Crippen LogP contribution in [0.3, 0.4) is 0 Å². The maximum absolute atomic E-state index is 14.5. The number of halogens is 2. The monoisotopic (exact) mass is 385 g/mol. The van der Waals surface area contributed by atoms with Crippen LogP contribution in [-0.2, 0) is 5.54 Å². The van der Waals surface area contributed by atoms with Gasteiger partial charge in [-0.3, -0.25) is 0 Å². The molecule has 3 rings (SSSR count). The number of hydrogen-bond acceptors (Lipinski definition) is 2. The van der Waals surface area contributed by atoms with E-state index in [1.165, 1.54) is 11.0 Å². The molecule has 0 aromatic heterocycles. The molecule has 28 heavy (non-hydrogen) atoms. The van der Waals surface area contributed by atoms with Gasteiger partial charge in [0.25, 0.3) is 0 Å². The minimum absolute atomic E-state index is 0.146. The Balaban J connectivity index is 2.22. The summed E-state index contributed by atoms with van der Waals surface area (Å²) >= 11 is 0. The number of hydrogen-bond donors (Lipinski definition) is 1. The maximum atomic E-state index is 14.5. The minimum atomic E-state index is -0.830. The van der Waals surface area contributed by atoms with Gasteiger partial charge in [0.2, 0.25) is 0 Å². The third-order valence-corrected chi connectivity index (χ3v) is 5.19. The van der Waals surface area contributed by atoms with Gasteiger partial charge < -0.3 is 15.5 Å². The molecule has 0 fully saturated rings. The van der Waals surface area contributed by atoms with E-state index in [1.807, 2.05) is 36.4 Å². The van der Waals surface area contributed by atoms with Crippen molar-refractivity contribution in [2.45, 2.75) is 18.4 Å². The molecule has 1 aliphatic rings. The van der Waals surface area contributed by atoms with E-state index in [1.54, 1.807) is 19.0 Å². The van der Waals surface area contributed by atoms with Crippen LogP contribution in [0.25, 0.3) is 5.57 Å². The van der Waals surface area contributed by atoms with Crippen LogP contribution in [0, 0.1) is 11.6 Å². The van der Waals surface area contributed by atoms with Crippen LogP contribution < -0.4 is 5.73 Å². The first-order chi connectivity index (χ1) is 13.4. The second-order valence-corrected chi connectivity index (χ2v) is 7.20. The summed E-state index contributed by atoms with van der Waals surface area (Å²) in [4.78, 5) is 16.3. The molecule has 0 bridgehead atoms. The zero-order valence-corrected chi connectivity index (χ0v) is 16.2. The van der Waals surface area contributed by atoms with E-state index in [4.69, 9.17) is 5.73 Å². The summed E-state index contributed by atoms with van der Waals surface area (Å²) in [5, 5.41) is 0. The van der Waals surface area contributed by atoms with E-state index in [0.717, 1.165) is 17.7 Å². The van der Waals surface area contributed by atoms with Crippen LogP contribution in [0.5, 0.6) is 0 Å². The predicted octanol–water partition coefficient (Wildman–Crippen LogP) is 3.98. The molecular weight excluding hydrogens is 360 g/mol. The number of urea groups is 1. The van der Waals surface area contributed by atoms with Crippen molar-refractivity contribution in [2.75, 3.05) is 27.2 Å². The maximum Gasteiger partial charge on any atom is 0.320 e. The first-order valence-electron chi connectivity index (χ1n) is 9.30. The lowest BCUT2D eigenvalue weighted by Crippen LogP contribution is -2.54. The van der Waals surface area contributed by atoms with Gasteiger partial charge in [-0.15, -0.1) is 0 Å². The number of amides is 2. The van der Waals surface area contributed by atoms with Crippen molar-refractivity contribution in [1.29, 1.82) is 0 Å². The predicted molar refractivity (Wildman–Crippen MR) is 107 cm³/mol. The van der Waals surface area contributed by atoms with E-state index < -0.39 is 17.2 Å². The Kier molecular flexibility index (Phi) is 5.79. The van der Waals surface area contributed by atoms with Crippen molar-refractivity contribution in [3.8, 4) is 0 Å². The molecule has 1 heterocycles. The molecule has 0 spiro atoms. The summed E-state index contributed by atoms with van der Waals surface area (Å²) < 4.78 is 28.2. The average molecular weight is 385 g/mol. The lowest BCUT2D eigenvalue weighted by molar-refractivity contribution is 0.111. The van der Waals surface area contributed by atoms with E-state index in [2.05, 4.69) is 0 Å². The van der Waals surface area contributed by atoms with Crippen molar-refractivity contribution in [3.05, 3.63) is 77.4 Å². The molecule has 2 aromatic carbocycles. The molecule has 1 unspecified atom stereocenters. The lowest BCUT2D eigenvalue weighted by atomic mass is 9.78. The van der Waals surface area contributed by atoms with Crippen LogP contribution in [0.2, 0.25) is 0 Å². The highest BCUT2D eigenvalue weighted by atomic mass is 19.1. The molecule has 1 aliphatic heterocycles. The Morgan fingerprint density at radius 2 is 1.89 bits per heavy atom. The fourth-order valence-corrected chi connectivity index (χ4v) is 3.87. The summed E-state index contributed by atoms with van der Waals surface area (Å²) in [5.74, 6) is -0.969. The largest absolute Gasteiger partial charge is 0.331 e. The Bertz CT molecular complexity index is 883. The topological polar surface area (TPSA) is 49.6 Å². The summed E-state index contributed by atoms with van der Waals surface area (Å²) in [6.07, 6.45) is 2.79. The molecule has 4 nitrogen and oxygen atoms in total. The Hall–Kier alpha value is -2.73. The molecule has 0 aliphatic carbocycles. The van der Waals surface area contributed by atoms with E-state index >= 15 is 0 Å². The van der Waals surface area contributed by atoms with Crippen LogP contribution in [0.1, 0.15) is 24.0 Å². The Morgan fingerprint density at radius 1 is 1.18 bits per heavy atom. The average Bonchev–Trinajstić information content (AvgIpc) is 2.70. The third kappa shape index (κ3) is 3.64. The number of nitrogens with two attached hydrogens (primary N) is 1. The first kappa shape index (κ1) is 20.0. The van der Waals surface area contributed by atoms with Crippen molar-refractivity contribution in [3.63, 3.8) is 0 Å². The summed E-state index contributed by atoms with van der Waals surface area (Å²) in [5.41, 5.74) is 6.92. The van der Waals surface area contributed by atoms with Gasteiger partial charge in [-0.25, -0.2) is 13.6 Å². The highest BCUT2D eigenvalue weighted by molar-refractivity contribution is 5.79. The van der Waals surface area contributed by atoms with Crippen LogP contribution in [0.15, 0.2) is 54.6 Å². The van der Waals surface area contributed by atoms with Crippen LogP contribution >= 0.6 is 0 Å². The van der Waals surface area contributed by atoms with Crippen LogP contribution in [-0.4, -0.2) is 43.0 Å². The highest BCUT2D eigenvalue weighted by Gasteiger charge is 2.42. The first-order valence-corrected chi connectivity index (χ1v) is 9.30. The second kappa shape index (κ2) is 8.10. The standard InChI is InChI=1S/C22H25F2N3O/c1-26(2)21(28)27-13-10-16(19-14-18(23)8-9-20(19)24)15-22(27,11-12-25)17-6-4-3-5-7-17/h3-9,14-15H,10-13,25H2,1-2H3. The number of carbonyl (C=O) groups is 1.